The lowest BCUT2D eigenvalue weighted by Crippen LogP contribution is -2.49. The van der Waals surface area contributed by atoms with E-state index in [9.17, 15) is 9.59 Å². The SMILES string of the molecule is C[C@@H]1CN(C(=O)Cn2c(=O)oc3cc(Cl)ccc32)C[C@H](C)O1. The van der Waals surface area contributed by atoms with Crippen LogP contribution in [0.5, 0.6) is 0 Å². The molecular formula is C15H17ClN2O4. The Labute approximate surface area is 132 Å². The number of amides is 1. The summed E-state index contributed by atoms with van der Waals surface area (Å²) in [6.45, 7) is 4.86. The van der Waals surface area contributed by atoms with Gasteiger partial charge < -0.3 is 14.1 Å². The van der Waals surface area contributed by atoms with E-state index in [0.29, 0.717) is 29.2 Å². The molecule has 0 unspecified atom stereocenters. The number of oxazole rings is 1. The van der Waals surface area contributed by atoms with E-state index in [4.69, 9.17) is 20.8 Å². The molecule has 0 saturated carbocycles. The first kappa shape index (κ1) is 15.1. The quantitative estimate of drug-likeness (QED) is 0.846. The molecule has 3 rings (SSSR count). The van der Waals surface area contributed by atoms with Gasteiger partial charge in [0.25, 0.3) is 0 Å². The number of hydrogen-bond donors (Lipinski definition) is 0. The number of ether oxygens (including phenoxy) is 1. The first-order chi connectivity index (χ1) is 10.4. The molecule has 1 aromatic heterocycles. The summed E-state index contributed by atoms with van der Waals surface area (Å²) in [7, 11) is 0. The maximum Gasteiger partial charge on any atom is 0.420 e. The molecule has 0 radical (unpaired) electrons. The summed E-state index contributed by atoms with van der Waals surface area (Å²) in [5.74, 6) is -0.679. The van der Waals surface area contributed by atoms with Gasteiger partial charge in [0.1, 0.15) is 6.54 Å². The third-order valence-corrected chi connectivity index (χ3v) is 3.93. The fourth-order valence-electron chi connectivity index (χ4n) is 2.81. The summed E-state index contributed by atoms with van der Waals surface area (Å²) in [6.07, 6.45) is -0.0198. The molecule has 0 aliphatic carbocycles. The molecule has 2 atom stereocenters. The number of nitrogens with zero attached hydrogens (tertiary/aromatic N) is 2. The van der Waals surface area contributed by atoms with Crippen molar-refractivity contribution in [3.63, 3.8) is 0 Å². The Morgan fingerprint density at radius 2 is 2.00 bits per heavy atom. The van der Waals surface area contributed by atoms with Gasteiger partial charge in [-0.3, -0.25) is 9.36 Å². The molecule has 0 spiro atoms. The van der Waals surface area contributed by atoms with Gasteiger partial charge in [-0.1, -0.05) is 11.6 Å². The van der Waals surface area contributed by atoms with Crippen molar-refractivity contribution < 1.29 is 13.9 Å². The van der Waals surface area contributed by atoms with Crippen molar-refractivity contribution in [3.8, 4) is 0 Å². The highest BCUT2D eigenvalue weighted by Gasteiger charge is 2.26. The number of hydrogen-bond acceptors (Lipinski definition) is 4. The van der Waals surface area contributed by atoms with E-state index in [1.807, 2.05) is 13.8 Å². The Bertz CT molecular complexity index is 756. The molecule has 1 saturated heterocycles. The van der Waals surface area contributed by atoms with Gasteiger partial charge in [-0.25, -0.2) is 4.79 Å². The van der Waals surface area contributed by atoms with Crippen molar-refractivity contribution in [1.29, 1.82) is 0 Å². The molecule has 1 aliphatic rings. The predicted molar refractivity (Wildman–Crippen MR) is 82.1 cm³/mol. The van der Waals surface area contributed by atoms with Crippen LogP contribution in [0.15, 0.2) is 27.4 Å². The van der Waals surface area contributed by atoms with Gasteiger partial charge in [-0.2, -0.15) is 0 Å². The molecule has 1 aliphatic heterocycles. The van der Waals surface area contributed by atoms with E-state index in [1.54, 1.807) is 23.1 Å². The van der Waals surface area contributed by atoms with Crippen LogP contribution in [0, 0.1) is 0 Å². The number of morpholine rings is 1. The molecule has 1 amide bonds. The third kappa shape index (κ3) is 2.89. The van der Waals surface area contributed by atoms with E-state index in [-0.39, 0.29) is 24.7 Å². The summed E-state index contributed by atoms with van der Waals surface area (Å²) < 4.78 is 12.1. The zero-order valence-corrected chi connectivity index (χ0v) is 13.2. The van der Waals surface area contributed by atoms with Gasteiger partial charge in [0.15, 0.2) is 5.58 Å². The average Bonchev–Trinajstić information content (AvgIpc) is 2.73. The molecule has 2 aromatic rings. The topological polar surface area (TPSA) is 64.7 Å². The second kappa shape index (κ2) is 5.78. The lowest BCUT2D eigenvalue weighted by molar-refractivity contribution is -0.143. The van der Waals surface area contributed by atoms with Gasteiger partial charge >= 0.3 is 5.76 Å². The maximum atomic E-state index is 12.5. The largest absolute Gasteiger partial charge is 0.420 e. The number of aromatic nitrogens is 1. The Kier molecular flexibility index (Phi) is 3.97. The van der Waals surface area contributed by atoms with Crippen LogP contribution in [-0.4, -0.2) is 40.7 Å². The second-order valence-electron chi connectivity index (χ2n) is 5.62. The summed E-state index contributed by atoms with van der Waals surface area (Å²) in [6, 6.07) is 4.91. The van der Waals surface area contributed by atoms with Gasteiger partial charge in [0.2, 0.25) is 5.91 Å². The molecule has 1 aromatic carbocycles. The van der Waals surface area contributed by atoms with E-state index in [2.05, 4.69) is 0 Å². The molecule has 0 bridgehead atoms. The van der Waals surface area contributed by atoms with E-state index in [1.165, 1.54) is 4.57 Å². The standard InChI is InChI=1S/C15H17ClN2O4/c1-9-6-17(7-10(2)21-9)14(19)8-18-12-4-3-11(16)5-13(12)22-15(18)20/h3-5,9-10H,6-8H2,1-2H3/t9-,10+. The number of benzene rings is 1. The fraction of sp³-hybridized carbons (Fsp3) is 0.467. The minimum Gasteiger partial charge on any atom is -0.408 e. The Hall–Kier alpha value is -1.79. The van der Waals surface area contributed by atoms with E-state index < -0.39 is 5.76 Å². The minimum atomic E-state index is -0.556. The maximum absolute atomic E-state index is 12.5. The first-order valence-electron chi connectivity index (χ1n) is 7.16. The Morgan fingerprint density at radius 3 is 2.68 bits per heavy atom. The van der Waals surface area contributed by atoms with E-state index in [0.717, 1.165) is 0 Å². The highest BCUT2D eigenvalue weighted by Crippen LogP contribution is 2.19. The summed E-state index contributed by atoms with van der Waals surface area (Å²) in [4.78, 5) is 26.1. The third-order valence-electron chi connectivity index (χ3n) is 3.70. The first-order valence-corrected chi connectivity index (χ1v) is 7.54. The zero-order valence-electron chi connectivity index (χ0n) is 12.4. The van der Waals surface area contributed by atoms with Crippen molar-refractivity contribution in [2.75, 3.05) is 13.1 Å². The van der Waals surface area contributed by atoms with Crippen molar-refractivity contribution in [2.45, 2.75) is 32.6 Å². The van der Waals surface area contributed by atoms with Crippen molar-refractivity contribution in [3.05, 3.63) is 33.8 Å². The smallest absolute Gasteiger partial charge is 0.408 e. The van der Waals surface area contributed by atoms with Crippen LogP contribution < -0.4 is 5.76 Å². The second-order valence-corrected chi connectivity index (χ2v) is 6.06. The monoisotopic (exact) mass is 324 g/mol. The normalized spacial score (nSPS) is 22.2. The van der Waals surface area contributed by atoms with Crippen LogP contribution in [0.1, 0.15) is 13.8 Å². The van der Waals surface area contributed by atoms with Crippen molar-refractivity contribution in [1.82, 2.24) is 9.47 Å². The summed E-state index contributed by atoms with van der Waals surface area (Å²) in [5.41, 5.74) is 0.950. The highest BCUT2D eigenvalue weighted by molar-refractivity contribution is 6.31. The lowest BCUT2D eigenvalue weighted by Gasteiger charge is -2.35. The molecule has 1 fully saturated rings. The zero-order chi connectivity index (χ0) is 15.9. The van der Waals surface area contributed by atoms with Crippen molar-refractivity contribution >= 4 is 28.6 Å². The number of carbonyl (C=O) groups excluding carboxylic acids is 1. The molecule has 7 heteroatoms. The molecule has 2 heterocycles. The Morgan fingerprint density at radius 1 is 1.32 bits per heavy atom. The van der Waals surface area contributed by atoms with Crippen molar-refractivity contribution in [2.24, 2.45) is 0 Å². The Balaban J connectivity index is 1.85. The molecule has 118 valence electrons. The summed E-state index contributed by atoms with van der Waals surface area (Å²) in [5, 5.41) is 0.482. The number of carbonyl (C=O) groups is 1. The van der Waals surface area contributed by atoms with Crippen LogP contribution in [0.3, 0.4) is 0 Å². The highest BCUT2D eigenvalue weighted by atomic mass is 35.5. The molecule has 6 nitrogen and oxygen atoms in total. The van der Waals surface area contributed by atoms with Gasteiger partial charge in [-0.05, 0) is 26.0 Å². The number of rotatable bonds is 2. The van der Waals surface area contributed by atoms with Crippen LogP contribution in [0.4, 0.5) is 0 Å². The number of halogens is 1. The number of fused-ring (bicyclic) bond motifs is 1. The van der Waals surface area contributed by atoms with Gasteiger partial charge in [0, 0.05) is 24.2 Å². The van der Waals surface area contributed by atoms with Crippen LogP contribution in [0.25, 0.3) is 11.1 Å². The summed E-state index contributed by atoms with van der Waals surface area (Å²) >= 11 is 5.88. The van der Waals surface area contributed by atoms with Crippen LogP contribution in [-0.2, 0) is 16.1 Å². The lowest BCUT2D eigenvalue weighted by atomic mass is 10.2. The van der Waals surface area contributed by atoms with Gasteiger partial charge in [0.05, 0.1) is 17.7 Å². The minimum absolute atomic E-state index is 0.00989. The fourth-order valence-corrected chi connectivity index (χ4v) is 2.97. The molecule has 22 heavy (non-hydrogen) atoms. The van der Waals surface area contributed by atoms with Gasteiger partial charge in [-0.15, -0.1) is 0 Å². The molecular weight excluding hydrogens is 308 g/mol. The van der Waals surface area contributed by atoms with Crippen LogP contribution >= 0.6 is 11.6 Å². The molecule has 0 N–H and O–H groups in total. The van der Waals surface area contributed by atoms with E-state index >= 15 is 0 Å². The average molecular weight is 325 g/mol. The predicted octanol–water partition coefficient (Wildman–Crippen LogP) is 1.88. The van der Waals surface area contributed by atoms with Crippen LogP contribution in [0.2, 0.25) is 5.02 Å².